The van der Waals surface area contributed by atoms with Crippen LogP contribution in [0, 0.1) is 0 Å². The molecule has 0 unspecified atom stereocenters. The zero-order valence-corrected chi connectivity index (χ0v) is 18.9. The second-order valence-electron chi connectivity index (χ2n) is 7.12. The minimum atomic E-state index is -1.61. The van der Waals surface area contributed by atoms with Crippen molar-refractivity contribution in [3.63, 3.8) is 0 Å². The lowest BCUT2D eigenvalue weighted by Crippen LogP contribution is -2.80. The molecule has 1 aromatic heterocycles. The summed E-state index contributed by atoms with van der Waals surface area (Å²) in [5.41, 5.74) is -0.338. The van der Waals surface area contributed by atoms with E-state index in [1.165, 1.54) is 40.2 Å². The van der Waals surface area contributed by atoms with E-state index in [4.69, 9.17) is 4.74 Å². The number of aryl methyl sites for hydroxylation is 1. The molecule has 1 saturated heterocycles. The van der Waals surface area contributed by atoms with E-state index in [9.17, 15) is 19.5 Å². The van der Waals surface area contributed by atoms with Gasteiger partial charge in [0.25, 0.3) is 11.6 Å². The maximum absolute atomic E-state index is 13.1. The lowest BCUT2D eigenvalue weighted by Gasteiger charge is -2.55. The second-order valence-corrected chi connectivity index (χ2v) is 9.13. The molecule has 3 heterocycles. The zero-order valence-electron chi connectivity index (χ0n) is 17.2. The third kappa shape index (κ3) is 3.87. The maximum atomic E-state index is 13.1. The molecule has 0 saturated carbocycles. The number of carboxylic acids is 1. The highest BCUT2D eigenvalue weighted by atomic mass is 32.2. The molecule has 2 amide bonds. The van der Waals surface area contributed by atoms with Gasteiger partial charge in [0.15, 0.2) is 0 Å². The van der Waals surface area contributed by atoms with Crippen molar-refractivity contribution in [2.75, 3.05) is 18.6 Å². The third-order valence-electron chi connectivity index (χ3n) is 5.12. The molecule has 0 spiro atoms. The van der Waals surface area contributed by atoms with Crippen molar-refractivity contribution in [2.45, 2.75) is 22.7 Å². The van der Waals surface area contributed by atoms with Gasteiger partial charge in [-0.1, -0.05) is 42.1 Å². The molecule has 2 atom stereocenters. The Morgan fingerprint density at radius 2 is 2.12 bits per heavy atom. The van der Waals surface area contributed by atoms with Crippen LogP contribution in [0.1, 0.15) is 5.56 Å². The maximum Gasteiger partial charge on any atom is 0.352 e. The highest BCUT2D eigenvalue weighted by Crippen LogP contribution is 2.47. The first-order valence-electron chi connectivity index (χ1n) is 9.53. The molecule has 2 aromatic rings. The number of hydrogen-bond donors (Lipinski definition) is 2. The number of rotatable bonds is 8. The number of thioether (sulfide) groups is 2. The van der Waals surface area contributed by atoms with Crippen molar-refractivity contribution in [3.8, 4) is 0 Å². The van der Waals surface area contributed by atoms with Crippen LogP contribution in [0.25, 0.3) is 0 Å². The molecule has 0 radical (unpaired) electrons. The fourth-order valence-electron chi connectivity index (χ4n) is 3.58. The van der Waals surface area contributed by atoms with E-state index in [1.54, 1.807) is 7.05 Å². The summed E-state index contributed by atoms with van der Waals surface area (Å²) < 4.78 is 6.95. The van der Waals surface area contributed by atoms with E-state index >= 15 is 0 Å². The van der Waals surface area contributed by atoms with Crippen LogP contribution < -0.4 is 5.32 Å². The number of nitrogens with one attached hydrogen (secondary N) is 1. The molecule has 0 aliphatic carbocycles. The van der Waals surface area contributed by atoms with Gasteiger partial charge >= 0.3 is 5.97 Å². The SMILES string of the molecule is CO[C@@]1(NC(=O)Cc2ccccc2)C(=O)N2C(C(=O)O)=C(CSc3nnnn3C)CS[C@@H]21. The number of benzene rings is 1. The van der Waals surface area contributed by atoms with E-state index in [1.807, 2.05) is 30.3 Å². The molecule has 13 heteroatoms. The predicted octanol–water partition coefficient (Wildman–Crippen LogP) is 0.258. The summed E-state index contributed by atoms with van der Waals surface area (Å²) >= 11 is 2.62. The van der Waals surface area contributed by atoms with Crippen LogP contribution >= 0.6 is 23.5 Å². The standard InChI is InChI=1S/C19H20N6O5S2/c1-24-18(21-22-23-24)32-10-12-9-31-17-19(30-2,16(29)25(17)14(12)15(27)28)20-13(26)8-11-6-4-3-5-7-11/h3-7,17H,8-10H2,1-2H3,(H,20,26)(H,27,28)/t17-,19+/m1/s1. The van der Waals surface area contributed by atoms with E-state index in [-0.39, 0.29) is 18.0 Å². The van der Waals surface area contributed by atoms with Gasteiger partial charge in [0.05, 0.1) is 6.42 Å². The fraction of sp³-hybridized carbons (Fsp3) is 0.368. The number of nitrogens with zero attached hydrogens (tertiary/aromatic N) is 5. The molecular weight excluding hydrogens is 456 g/mol. The first kappa shape index (κ1) is 22.3. The summed E-state index contributed by atoms with van der Waals surface area (Å²) in [5.74, 6) is -1.55. The van der Waals surface area contributed by atoms with Crippen molar-refractivity contribution in [3.05, 3.63) is 47.2 Å². The number of amides is 2. The lowest BCUT2D eigenvalue weighted by molar-refractivity contribution is -0.192. The summed E-state index contributed by atoms with van der Waals surface area (Å²) in [4.78, 5) is 39.0. The largest absolute Gasteiger partial charge is 0.477 e. The van der Waals surface area contributed by atoms with E-state index in [2.05, 4.69) is 20.8 Å². The Kier molecular flexibility index (Phi) is 6.22. The van der Waals surface area contributed by atoms with Gasteiger partial charge in [0.2, 0.25) is 11.1 Å². The molecule has 168 valence electrons. The van der Waals surface area contributed by atoms with E-state index in [0.717, 1.165) is 5.56 Å². The van der Waals surface area contributed by atoms with Gasteiger partial charge in [-0.15, -0.1) is 16.9 Å². The average Bonchev–Trinajstić information content (AvgIpc) is 3.20. The minimum Gasteiger partial charge on any atom is -0.477 e. The number of carboxylic acid groups (broad SMARTS) is 1. The summed E-state index contributed by atoms with van der Waals surface area (Å²) in [6.07, 6.45) is 0.0753. The Morgan fingerprint density at radius 1 is 1.38 bits per heavy atom. The number of hydrogen-bond acceptors (Lipinski definition) is 9. The van der Waals surface area contributed by atoms with Crippen molar-refractivity contribution >= 4 is 41.3 Å². The van der Waals surface area contributed by atoms with Crippen LogP contribution in [0.2, 0.25) is 0 Å². The fourth-order valence-corrected chi connectivity index (χ4v) is 6.01. The summed E-state index contributed by atoms with van der Waals surface area (Å²) in [5, 5.41) is 23.6. The van der Waals surface area contributed by atoms with E-state index in [0.29, 0.717) is 22.2 Å². The molecule has 32 heavy (non-hydrogen) atoms. The second kappa shape index (κ2) is 8.92. The van der Waals surface area contributed by atoms with Gasteiger partial charge in [-0.2, -0.15) is 0 Å². The number of aromatic nitrogens is 4. The van der Waals surface area contributed by atoms with E-state index < -0.39 is 23.0 Å². The Balaban J connectivity index is 1.52. The number of ether oxygens (including phenoxy) is 1. The van der Waals surface area contributed by atoms with Gasteiger partial charge in [-0.3, -0.25) is 14.5 Å². The molecular formula is C19H20N6O5S2. The van der Waals surface area contributed by atoms with Crippen LogP contribution in [0.4, 0.5) is 0 Å². The number of carbonyl (C=O) groups excluding carboxylic acids is 2. The monoisotopic (exact) mass is 476 g/mol. The number of β-lactam (4-membered cyclic amide) rings is 1. The van der Waals surface area contributed by atoms with Crippen LogP contribution in [0.3, 0.4) is 0 Å². The van der Waals surface area contributed by atoms with Crippen molar-refractivity contribution in [2.24, 2.45) is 7.05 Å². The summed E-state index contributed by atoms with van der Waals surface area (Å²) in [6, 6.07) is 9.11. The van der Waals surface area contributed by atoms with Crippen LogP contribution in [-0.2, 0) is 32.6 Å². The van der Waals surface area contributed by atoms with Gasteiger partial charge in [-0.25, -0.2) is 9.48 Å². The molecule has 0 bridgehead atoms. The summed E-state index contributed by atoms with van der Waals surface area (Å²) in [6.45, 7) is 0. The number of aliphatic carboxylic acids is 1. The molecule has 2 aliphatic rings. The zero-order chi connectivity index (χ0) is 22.9. The topological polar surface area (TPSA) is 140 Å². The molecule has 2 N–H and O–H groups in total. The van der Waals surface area contributed by atoms with Gasteiger partial charge in [0, 0.05) is 25.7 Å². The van der Waals surface area contributed by atoms with Crippen LogP contribution in [0.15, 0.2) is 46.8 Å². The normalized spacial score (nSPS) is 22.4. The smallest absolute Gasteiger partial charge is 0.352 e. The molecule has 2 aliphatic heterocycles. The van der Waals surface area contributed by atoms with Crippen molar-refractivity contribution in [1.82, 2.24) is 30.4 Å². The Labute approximate surface area is 191 Å². The summed E-state index contributed by atoms with van der Waals surface area (Å²) in [7, 11) is 3.01. The number of tetrazole rings is 1. The van der Waals surface area contributed by atoms with Crippen LogP contribution in [0.5, 0.6) is 0 Å². The Bertz CT molecular complexity index is 1090. The van der Waals surface area contributed by atoms with Crippen LogP contribution in [-0.4, -0.2) is 77.7 Å². The first-order valence-corrected chi connectivity index (χ1v) is 11.6. The quantitative estimate of drug-likeness (QED) is 0.310. The lowest BCUT2D eigenvalue weighted by atomic mass is 9.98. The number of methoxy groups -OCH3 is 1. The highest BCUT2D eigenvalue weighted by Gasteiger charge is 2.66. The molecule has 1 aromatic carbocycles. The van der Waals surface area contributed by atoms with Gasteiger partial charge in [-0.05, 0) is 21.6 Å². The van der Waals surface area contributed by atoms with Crippen molar-refractivity contribution in [1.29, 1.82) is 0 Å². The van der Waals surface area contributed by atoms with Gasteiger partial charge < -0.3 is 15.2 Å². The predicted molar refractivity (Wildman–Crippen MR) is 115 cm³/mol. The Morgan fingerprint density at radius 3 is 2.75 bits per heavy atom. The third-order valence-corrected chi connectivity index (χ3v) is 7.59. The first-order chi connectivity index (χ1) is 15.4. The van der Waals surface area contributed by atoms with Gasteiger partial charge in [0.1, 0.15) is 11.1 Å². The molecule has 11 nitrogen and oxygen atoms in total. The average molecular weight is 477 g/mol. The number of fused-ring (bicyclic) bond motifs is 1. The molecule has 4 rings (SSSR count). The molecule has 1 fully saturated rings. The Hall–Kier alpha value is -2.90. The minimum absolute atomic E-state index is 0.0753. The van der Waals surface area contributed by atoms with Crippen molar-refractivity contribution < 1.29 is 24.2 Å². The highest BCUT2D eigenvalue weighted by molar-refractivity contribution is 8.01. The number of carbonyl (C=O) groups is 3.